The molecule has 2 rings (SSSR count). The van der Waals surface area contributed by atoms with E-state index in [0.717, 1.165) is 45.6 Å². The van der Waals surface area contributed by atoms with E-state index in [0.29, 0.717) is 11.9 Å². The summed E-state index contributed by atoms with van der Waals surface area (Å²) in [4.78, 5) is 20.9. The number of anilines is 1. The van der Waals surface area contributed by atoms with Crippen molar-refractivity contribution in [2.24, 2.45) is 10.9 Å². The fourth-order valence-corrected chi connectivity index (χ4v) is 3.16. The Morgan fingerprint density at radius 2 is 1.70 bits per heavy atom. The third kappa shape index (κ3) is 7.56. The second kappa shape index (κ2) is 12.8. The van der Waals surface area contributed by atoms with Gasteiger partial charge in [0.15, 0.2) is 5.96 Å². The molecule has 0 radical (unpaired) electrons. The molecule has 1 amide bonds. The van der Waals surface area contributed by atoms with Gasteiger partial charge in [-0.15, -0.1) is 24.0 Å². The molecule has 0 aliphatic carbocycles. The first-order valence-electron chi connectivity index (χ1n) is 9.70. The lowest BCUT2D eigenvalue weighted by molar-refractivity contribution is -0.130. The van der Waals surface area contributed by atoms with Crippen molar-refractivity contribution in [3.05, 3.63) is 30.3 Å². The minimum Gasteiger partial charge on any atom is -0.368 e. The Hall–Kier alpha value is -1.51. The van der Waals surface area contributed by atoms with Crippen LogP contribution in [0.15, 0.2) is 35.3 Å². The summed E-state index contributed by atoms with van der Waals surface area (Å²) >= 11 is 0. The molecule has 27 heavy (non-hydrogen) atoms. The van der Waals surface area contributed by atoms with Gasteiger partial charge in [0.1, 0.15) is 0 Å². The molecule has 0 unspecified atom stereocenters. The molecule has 1 aliphatic rings. The maximum absolute atomic E-state index is 12.5. The largest absolute Gasteiger partial charge is 0.368 e. The zero-order chi connectivity index (χ0) is 18.8. The summed E-state index contributed by atoms with van der Waals surface area (Å²) < 4.78 is 0. The van der Waals surface area contributed by atoms with Crippen molar-refractivity contribution in [1.82, 2.24) is 15.5 Å². The van der Waals surface area contributed by atoms with Crippen LogP contribution in [0.4, 0.5) is 5.69 Å². The molecule has 0 saturated carbocycles. The SMILES string of the molecule is CCC(CC)CNC(=NC)NCC(=O)N1CCN(c2ccccc2)CC1.I. The number of carbonyl (C=O) groups is 1. The van der Waals surface area contributed by atoms with Gasteiger partial charge in [-0.05, 0) is 18.1 Å². The average molecular weight is 487 g/mol. The number of hydrogen-bond acceptors (Lipinski definition) is 3. The molecule has 1 fully saturated rings. The minimum atomic E-state index is 0. The molecule has 0 atom stereocenters. The van der Waals surface area contributed by atoms with Crippen LogP contribution < -0.4 is 15.5 Å². The molecule has 1 saturated heterocycles. The first kappa shape index (κ1) is 23.5. The van der Waals surface area contributed by atoms with E-state index in [1.807, 2.05) is 11.0 Å². The summed E-state index contributed by atoms with van der Waals surface area (Å²) in [6.45, 7) is 8.83. The Balaban J connectivity index is 0.00000364. The smallest absolute Gasteiger partial charge is 0.242 e. The quantitative estimate of drug-likeness (QED) is 0.353. The maximum atomic E-state index is 12.5. The molecule has 1 aromatic carbocycles. The van der Waals surface area contributed by atoms with Gasteiger partial charge in [0.25, 0.3) is 0 Å². The van der Waals surface area contributed by atoms with Crippen LogP contribution in [0.2, 0.25) is 0 Å². The second-order valence-corrected chi connectivity index (χ2v) is 6.69. The van der Waals surface area contributed by atoms with Gasteiger partial charge in [-0.2, -0.15) is 0 Å². The summed E-state index contributed by atoms with van der Waals surface area (Å²) in [5, 5.41) is 6.47. The highest BCUT2D eigenvalue weighted by atomic mass is 127. The molecule has 1 aromatic rings. The molecular formula is C20H34IN5O. The van der Waals surface area contributed by atoms with Crippen LogP contribution in [0.1, 0.15) is 26.7 Å². The number of halogens is 1. The van der Waals surface area contributed by atoms with Crippen LogP contribution >= 0.6 is 24.0 Å². The van der Waals surface area contributed by atoms with Crippen molar-refractivity contribution >= 4 is 41.5 Å². The van der Waals surface area contributed by atoms with Crippen molar-refractivity contribution in [3.63, 3.8) is 0 Å². The zero-order valence-electron chi connectivity index (χ0n) is 16.8. The van der Waals surface area contributed by atoms with E-state index in [4.69, 9.17) is 0 Å². The highest BCUT2D eigenvalue weighted by molar-refractivity contribution is 14.0. The summed E-state index contributed by atoms with van der Waals surface area (Å²) in [5.74, 6) is 1.46. The zero-order valence-corrected chi connectivity index (χ0v) is 19.1. The maximum Gasteiger partial charge on any atom is 0.242 e. The number of guanidine groups is 1. The minimum absolute atomic E-state index is 0. The normalized spacial score (nSPS) is 14.7. The fourth-order valence-electron chi connectivity index (χ4n) is 3.16. The third-order valence-electron chi connectivity index (χ3n) is 5.10. The molecule has 7 heteroatoms. The molecule has 152 valence electrons. The number of hydrogen-bond donors (Lipinski definition) is 2. The molecule has 1 aliphatic heterocycles. The first-order valence-corrected chi connectivity index (χ1v) is 9.70. The van der Waals surface area contributed by atoms with Crippen LogP contribution in [0, 0.1) is 5.92 Å². The molecule has 1 heterocycles. The lowest BCUT2D eigenvalue weighted by atomic mass is 10.0. The van der Waals surface area contributed by atoms with Crippen LogP contribution in [0.5, 0.6) is 0 Å². The van der Waals surface area contributed by atoms with E-state index < -0.39 is 0 Å². The molecule has 6 nitrogen and oxygen atoms in total. The van der Waals surface area contributed by atoms with Crippen LogP contribution in [0.25, 0.3) is 0 Å². The number of piperazine rings is 1. The van der Waals surface area contributed by atoms with Crippen LogP contribution in [0.3, 0.4) is 0 Å². The van der Waals surface area contributed by atoms with E-state index in [9.17, 15) is 4.79 Å². The number of nitrogens with one attached hydrogen (secondary N) is 2. The Morgan fingerprint density at radius 3 is 2.26 bits per heavy atom. The van der Waals surface area contributed by atoms with Gasteiger partial charge in [0.2, 0.25) is 5.91 Å². The van der Waals surface area contributed by atoms with E-state index in [2.05, 4.69) is 58.6 Å². The van der Waals surface area contributed by atoms with Gasteiger partial charge in [0, 0.05) is 45.5 Å². The predicted molar refractivity (Wildman–Crippen MR) is 124 cm³/mol. The van der Waals surface area contributed by atoms with E-state index in [1.54, 1.807) is 7.05 Å². The Bertz CT molecular complexity index is 569. The average Bonchev–Trinajstić information content (AvgIpc) is 2.71. The van der Waals surface area contributed by atoms with Crippen molar-refractivity contribution in [2.75, 3.05) is 51.2 Å². The molecule has 0 bridgehead atoms. The standard InChI is InChI=1S/C20H33N5O.HI/c1-4-17(5-2)15-22-20(21-3)23-16-19(26)25-13-11-24(12-14-25)18-9-7-6-8-10-18;/h6-10,17H,4-5,11-16H2,1-3H3,(H2,21,22,23);1H. The van der Waals surface area contributed by atoms with Crippen molar-refractivity contribution in [3.8, 4) is 0 Å². The fraction of sp³-hybridized carbons (Fsp3) is 0.600. The van der Waals surface area contributed by atoms with E-state index >= 15 is 0 Å². The topological polar surface area (TPSA) is 60.0 Å². The van der Waals surface area contributed by atoms with Crippen LogP contribution in [-0.2, 0) is 4.79 Å². The summed E-state index contributed by atoms with van der Waals surface area (Å²) in [7, 11) is 1.74. The van der Waals surface area contributed by atoms with Gasteiger partial charge in [-0.25, -0.2) is 0 Å². The second-order valence-electron chi connectivity index (χ2n) is 6.69. The van der Waals surface area contributed by atoms with Gasteiger partial charge in [-0.1, -0.05) is 44.9 Å². The van der Waals surface area contributed by atoms with Gasteiger partial charge >= 0.3 is 0 Å². The van der Waals surface area contributed by atoms with Gasteiger partial charge < -0.3 is 20.4 Å². The molecule has 2 N–H and O–H groups in total. The monoisotopic (exact) mass is 487 g/mol. The summed E-state index contributed by atoms with van der Waals surface area (Å²) in [6.07, 6.45) is 2.29. The number of amides is 1. The van der Waals surface area contributed by atoms with Gasteiger partial charge in [-0.3, -0.25) is 9.79 Å². The number of carbonyl (C=O) groups excluding carboxylic acids is 1. The number of rotatable bonds is 7. The van der Waals surface area contributed by atoms with Crippen molar-refractivity contribution < 1.29 is 4.79 Å². The molecule has 0 spiro atoms. The highest BCUT2D eigenvalue weighted by Gasteiger charge is 2.21. The third-order valence-corrected chi connectivity index (χ3v) is 5.10. The summed E-state index contributed by atoms with van der Waals surface area (Å²) in [5.41, 5.74) is 1.23. The van der Waals surface area contributed by atoms with E-state index in [-0.39, 0.29) is 36.4 Å². The van der Waals surface area contributed by atoms with Crippen molar-refractivity contribution in [1.29, 1.82) is 0 Å². The Labute approximate surface area is 180 Å². The number of benzene rings is 1. The summed E-state index contributed by atoms with van der Waals surface area (Å²) in [6, 6.07) is 10.4. The Kier molecular flexibility index (Phi) is 11.2. The number of aliphatic imine (C=N–C) groups is 1. The predicted octanol–water partition coefficient (Wildman–Crippen LogP) is 2.55. The Morgan fingerprint density at radius 1 is 1.07 bits per heavy atom. The number of para-hydroxylation sites is 1. The lowest BCUT2D eigenvalue weighted by Gasteiger charge is -2.36. The lowest BCUT2D eigenvalue weighted by Crippen LogP contribution is -2.52. The number of nitrogens with zero attached hydrogens (tertiary/aromatic N) is 3. The van der Waals surface area contributed by atoms with E-state index in [1.165, 1.54) is 5.69 Å². The highest BCUT2D eigenvalue weighted by Crippen LogP contribution is 2.15. The van der Waals surface area contributed by atoms with Crippen LogP contribution in [-0.4, -0.2) is 63.1 Å². The molecular weight excluding hydrogens is 453 g/mol. The molecule has 0 aromatic heterocycles. The first-order chi connectivity index (χ1) is 12.7. The van der Waals surface area contributed by atoms with Crippen molar-refractivity contribution in [2.45, 2.75) is 26.7 Å². The van der Waals surface area contributed by atoms with Gasteiger partial charge in [0.05, 0.1) is 6.54 Å².